The highest BCUT2D eigenvalue weighted by atomic mass is 127. The van der Waals surface area contributed by atoms with Crippen molar-refractivity contribution in [3.8, 4) is 0 Å². The summed E-state index contributed by atoms with van der Waals surface area (Å²) in [5.74, 6) is 0.972. The minimum atomic E-state index is -0.0825. The Labute approximate surface area is 177 Å². The molecule has 6 nitrogen and oxygen atoms in total. The first-order chi connectivity index (χ1) is 12.1. The Morgan fingerprint density at radius 2 is 1.77 bits per heavy atom. The van der Waals surface area contributed by atoms with E-state index in [0.717, 1.165) is 57.9 Å². The predicted octanol–water partition coefficient (Wildman–Crippen LogP) is 1.88. The third-order valence-corrected chi connectivity index (χ3v) is 5.40. The first-order valence-electron chi connectivity index (χ1n) is 10.3. The number of rotatable bonds is 7. The Kier molecular flexibility index (Phi) is 12.1. The number of halogens is 1. The van der Waals surface area contributed by atoms with E-state index in [2.05, 4.69) is 41.2 Å². The van der Waals surface area contributed by atoms with Crippen LogP contribution in [0.5, 0.6) is 0 Å². The minimum absolute atomic E-state index is 0. The van der Waals surface area contributed by atoms with Crippen LogP contribution in [0.25, 0.3) is 0 Å². The van der Waals surface area contributed by atoms with Crippen molar-refractivity contribution in [2.45, 2.75) is 71.1 Å². The van der Waals surface area contributed by atoms with Crippen LogP contribution in [0.15, 0.2) is 4.99 Å². The molecular weight excluding hydrogens is 441 g/mol. The number of guanidine groups is 1. The van der Waals surface area contributed by atoms with Gasteiger partial charge in [0.1, 0.15) is 0 Å². The topological polar surface area (TPSA) is 63.1 Å². The lowest BCUT2D eigenvalue weighted by atomic mass is 10.0. The second-order valence-corrected chi connectivity index (χ2v) is 7.74. The van der Waals surface area contributed by atoms with E-state index in [9.17, 15) is 5.11 Å². The van der Waals surface area contributed by atoms with Crippen LogP contribution in [0.3, 0.4) is 0 Å². The van der Waals surface area contributed by atoms with E-state index in [0.29, 0.717) is 12.1 Å². The van der Waals surface area contributed by atoms with Gasteiger partial charge in [0.15, 0.2) is 5.96 Å². The molecule has 0 radical (unpaired) electrons. The largest absolute Gasteiger partial charge is 0.393 e. The lowest BCUT2D eigenvalue weighted by Gasteiger charge is -2.35. The maximum absolute atomic E-state index is 9.56. The molecule has 26 heavy (non-hydrogen) atoms. The van der Waals surface area contributed by atoms with Crippen molar-refractivity contribution < 1.29 is 5.11 Å². The summed E-state index contributed by atoms with van der Waals surface area (Å²) in [6, 6.07) is 1.19. The standard InChI is InChI=1S/C19H39N5O.HI/c1-4-20-19(22-17-6-14-24(15-7-17)16(2)3)21-10-5-11-23-12-8-18(25)9-13-23;/h16-18,25H,4-15H2,1-3H3,(H2,20,21,22);1H. The van der Waals surface area contributed by atoms with Crippen molar-refractivity contribution in [2.24, 2.45) is 4.99 Å². The molecule has 2 aliphatic heterocycles. The Morgan fingerprint density at radius 3 is 2.35 bits per heavy atom. The lowest BCUT2D eigenvalue weighted by molar-refractivity contribution is 0.0824. The summed E-state index contributed by atoms with van der Waals surface area (Å²) in [6.07, 6.45) is 5.22. The minimum Gasteiger partial charge on any atom is -0.393 e. The van der Waals surface area contributed by atoms with Gasteiger partial charge in [-0.2, -0.15) is 0 Å². The van der Waals surface area contributed by atoms with Gasteiger partial charge in [-0.25, -0.2) is 0 Å². The van der Waals surface area contributed by atoms with E-state index < -0.39 is 0 Å². The SMILES string of the molecule is CCNC(=NCCCN1CCC(O)CC1)NC1CCN(C(C)C)CC1.I. The molecule has 154 valence electrons. The molecule has 2 fully saturated rings. The smallest absolute Gasteiger partial charge is 0.191 e. The zero-order valence-electron chi connectivity index (χ0n) is 16.9. The van der Waals surface area contributed by atoms with Crippen molar-refractivity contribution in [1.29, 1.82) is 0 Å². The van der Waals surface area contributed by atoms with Gasteiger partial charge in [0.05, 0.1) is 6.10 Å². The summed E-state index contributed by atoms with van der Waals surface area (Å²) in [5.41, 5.74) is 0. The van der Waals surface area contributed by atoms with Crippen LogP contribution >= 0.6 is 24.0 Å². The van der Waals surface area contributed by atoms with Crippen LogP contribution in [0.4, 0.5) is 0 Å². The predicted molar refractivity (Wildman–Crippen MR) is 121 cm³/mol. The molecule has 0 aromatic rings. The lowest BCUT2D eigenvalue weighted by Crippen LogP contribution is -2.49. The van der Waals surface area contributed by atoms with Crippen molar-refractivity contribution in [2.75, 3.05) is 45.8 Å². The van der Waals surface area contributed by atoms with Gasteiger partial charge in [0.25, 0.3) is 0 Å². The second kappa shape index (κ2) is 13.1. The molecule has 0 saturated carbocycles. The monoisotopic (exact) mass is 481 g/mol. The maximum atomic E-state index is 9.56. The zero-order valence-corrected chi connectivity index (χ0v) is 19.2. The highest BCUT2D eigenvalue weighted by molar-refractivity contribution is 14.0. The first kappa shape index (κ1) is 23.9. The first-order valence-corrected chi connectivity index (χ1v) is 10.3. The number of aliphatic hydroxyl groups is 1. The fourth-order valence-corrected chi connectivity index (χ4v) is 3.70. The molecule has 0 unspecified atom stereocenters. The van der Waals surface area contributed by atoms with Crippen LogP contribution in [0, 0.1) is 0 Å². The van der Waals surface area contributed by atoms with E-state index in [1.54, 1.807) is 0 Å². The average Bonchev–Trinajstić information content (AvgIpc) is 2.61. The number of hydrogen-bond donors (Lipinski definition) is 3. The summed E-state index contributed by atoms with van der Waals surface area (Å²) in [5, 5.41) is 16.6. The number of nitrogens with zero attached hydrogens (tertiary/aromatic N) is 3. The molecule has 0 aromatic heterocycles. The van der Waals surface area contributed by atoms with Gasteiger partial charge in [-0.05, 0) is 59.4 Å². The third-order valence-electron chi connectivity index (χ3n) is 5.40. The fraction of sp³-hybridized carbons (Fsp3) is 0.947. The van der Waals surface area contributed by atoms with Crippen molar-refractivity contribution in [3.63, 3.8) is 0 Å². The van der Waals surface area contributed by atoms with Crippen LogP contribution < -0.4 is 10.6 Å². The van der Waals surface area contributed by atoms with Gasteiger partial charge >= 0.3 is 0 Å². The molecule has 7 heteroatoms. The zero-order chi connectivity index (χ0) is 18.1. The normalized spacial score (nSPS) is 21.7. The van der Waals surface area contributed by atoms with Gasteiger partial charge in [-0.1, -0.05) is 0 Å². The molecule has 0 spiro atoms. The van der Waals surface area contributed by atoms with E-state index >= 15 is 0 Å². The van der Waals surface area contributed by atoms with Gasteiger partial charge in [0, 0.05) is 51.4 Å². The fourth-order valence-electron chi connectivity index (χ4n) is 3.70. The molecule has 2 aliphatic rings. The molecule has 0 atom stereocenters. The molecule has 0 aromatic carbocycles. The number of nitrogens with one attached hydrogen (secondary N) is 2. The van der Waals surface area contributed by atoms with Gasteiger partial charge in [-0.15, -0.1) is 24.0 Å². The van der Waals surface area contributed by atoms with Gasteiger partial charge in [-0.3, -0.25) is 4.99 Å². The molecule has 2 saturated heterocycles. The summed E-state index contributed by atoms with van der Waals surface area (Å²) in [6.45, 7) is 13.9. The summed E-state index contributed by atoms with van der Waals surface area (Å²) < 4.78 is 0. The van der Waals surface area contributed by atoms with Gasteiger partial charge < -0.3 is 25.5 Å². The van der Waals surface area contributed by atoms with Gasteiger partial charge in [0.2, 0.25) is 0 Å². The molecular formula is C19H40IN5O. The van der Waals surface area contributed by atoms with E-state index in [1.165, 1.54) is 25.9 Å². The summed E-state index contributed by atoms with van der Waals surface area (Å²) in [7, 11) is 0. The van der Waals surface area contributed by atoms with Crippen molar-refractivity contribution in [3.05, 3.63) is 0 Å². The number of piperidine rings is 2. The molecule has 0 amide bonds. The van der Waals surface area contributed by atoms with Crippen LogP contribution in [0.2, 0.25) is 0 Å². The van der Waals surface area contributed by atoms with E-state index in [-0.39, 0.29) is 30.1 Å². The molecule has 2 rings (SSSR count). The van der Waals surface area contributed by atoms with Crippen LogP contribution in [0.1, 0.15) is 52.9 Å². The Morgan fingerprint density at radius 1 is 1.12 bits per heavy atom. The highest BCUT2D eigenvalue weighted by Crippen LogP contribution is 2.13. The van der Waals surface area contributed by atoms with E-state index in [4.69, 9.17) is 4.99 Å². The maximum Gasteiger partial charge on any atom is 0.191 e. The van der Waals surface area contributed by atoms with E-state index in [1.807, 2.05) is 0 Å². The number of likely N-dealkylation sites (tertiary alicyclic amines) is 2. The number of aliphatic hydroxyl groups excluding tert-OH is 1. The molecule has 0 bridgehead atoms. The third kappa shape index (κ3) is 8.71. The average molecular weight is 481 g/mol. The molecule has 2 heterocycles. The van der Waals surface area contributed by atoms with Crippen molar-refractivity contribution in [1.82, 2.24) is 20.4 Å². The quantitative estimate of drug-likeness (QED) is 0.224. The van der Waals surface area contributed by atoms with Crippen LogP contribution in [-0.2, 0) is 0 Å². The molecule has 3 N–H and O–H groups in total. The second-order valence-electron chi connectivity index (χ2n) is 7.74. The van der Waals surface area contributed by atoms with Crippen molar-refractivity contribution >= 4 is 29.9 Å². The number of hydrogen-bond acceptors (Lipinski definition) is 4. The Hall–Kier alpha value is -0.120. The summed E-state index contributed by atoms with van der Waals surface area (Å²) >= 11 is 0. The Bertz CT molecular complexity index is 391. The summed E-state index contributed by atoms with van der Waals surface area (Å²) in [4.78, 5) is 9.77. The molecule has 0 aliphatic carbocycles. The Balaban J connectivity index is 0.00000338. The number of aliphatic imine (C=N–C) groups is 1. The highest BCUT2D eigenvalue weighted by Gasteiger charge is 2.21. The van der Waals surface area contributed by atoms with Crippen LogP contribution in [-0.4, -0.2) is 84.9 Å².